The van der Waals surface area contributed by atoms with Crippen molar-refractivity contribution in [2.24, 2.45) is 0 Å². The zero-order chi connectivity index (χ0) is 35.2. The first kappa shape index (κ1) is 36.4. The van der Waals surface area contributed by atoms with E-state index in [-0.39, 0.29) is 50.9 Å². The number of anilines is 2. The normalized spacial score (nSPS) is 11.2. The van der Waals surface area contributed by atoms with Crippen molar-refractivity contribution in [2.75, 3.05) is 52.4 Å². The van der Waals surface area contributed by atoms with Gasteiger partial charge in [0.05, 0.1) is 50.4 Å². The van der Waals surface area contributed by atoms with Gasteiger partial charge in [0.1, 0.15) is 22.8 Å². The number of hydrogen-bond acceptors (Lipinski definition) is 14. The molecule has 0 aliphatic rings. The second kappa shape index (κ2) is 15.5. The first-order chi connectivity index (χ1) is 22.2. The Balaban J connectivity index is 0.000000256. The Morgan fingerprint density at radius 3 is 1.51 bits per heavy atom. The van der Waals surface area contributed by atoms with Crippen LogP contribution in [0.1, 0.15) is 31.8 Å². The van der Waals surface area contributed by atoms with E-state index in [1.807, 2.05) is 0 Å². The van der Waals surface area contributed by atoms with Gasteiger partial charge >= 0.3 is 0 Å². The number of thioether (sulfide) groups is 1. The molecule has 0 aliphatic carbocycles. The second-order valence-electron chi connectivity index (χ2n) is 8.79. The molecule has 2 heterocycles. The van der Waals surface area contributed by atoms with Crippen molar-refractivity contribution in [1.29, 1.82) is 0 Å². The Labute approximate surface area is 271 Å². The van der Waals surface area contributed by atoms with Gasteiger partial charge in [-0.25, -0.2) is 37.5 Å². The Morgan fingerprint density at radius 1 is 0.745 bits per heavy atom. The van der Waals surface area contributed by atoms with E-state index < -0.39 is 56.8 Å². The fourth-order valence-corrected chi connectivity index (χ4v) is 4.67. The summed E-state index contributed by atoms with van der Waals surface area (Å²) in [7, 11) is 3.33. The average Bonchev–Trinajstić information content (AvgIpc) is 3.05. The van der Waals surface area contributed by atoms with Gasteiger partial charge in [-0.05, 0) is 6.26 Å². The van der Waals surface area contributed by atoms with E-state index in [0.29, 0.717) is 5.16 Å². The molecule has 0 radical (unpaired) electrons. The van der Waals surface area contributed by atoms with Crippen molar-refractivity contribution in [3.05, 3.63) is 70.0 Å². The standard InChI is InChI=1S/C14H13F2N3O4S.C14H13F2N3O3S/c1-22-8-4-7(15)10(16)9(12(8)23-2)11(20)6-5-18-14(24(3)21)19-13(6)17;1-21-8-4-7(15)10(16)9(12(8)22-2)11(20)6-5-18-14(23-3)19-13(6)17/h4-5H,1-3H3,(H2,17,18,19);4-5H,1-3H3,(H2,17,18,19). The van der Waals surface area contributed by atoms with Gasteiger partial charge in [0.15, 0.2) is 51.4 Å². The lowest BCUT2D eigenvalue weighted by molar-refractivity contribution is 0.102. The molecule has 0 bridgehead atoms. The van der Waals surface area contributed by atoms with Gasteiger partial charge < -0.3 is 30.4 Å². The van der Waals surface area contributed by atoms with Crippen LogP contribution in [0.3, 0.4) is 0 Å². The summed E-state index contributed by atoms with van der Waals surface area (Å²) in [6, 6.07) is 1.55. The molecule has 1 atom stereocenters. The molecule has 250 valence electrons. The zero-order valence-corrected chi connectivity index (χ0v) is 27.1. The highest BCUT2D eigenvalue weighted by Gasteiger charge is 2.30. The molecule has 19 heteroatoms. The minimum Gasteiger partial charge on any atom is -0.493 e. The molecule has 0 saturated carbocycles. The molecule has 4 aromatic rings. The topological polar surface area (TPSA) is 192 Å². The number of rotatable bonds is 10. The lowest BCUT2D eigenvalue weighted by Crippen LogP contribution is -2.14. The Bertz CT molecular complexity index is 1880. The molecule has 13 nitrogen and oxygen atoms in total. The van der Waals surface area contributed by atoms with E-state index in [1.165, 1.54) is 46.5 Å². The van der Waals surface area contributed by atoms with Gasteiger partial charge in [0.25, 0.3) is 0 Å². The molecule has 0 amide bonds. The summed E-state index contributed by atoms with van der Waals surface area (Å²) in [5.41, 5.74) is 9.59. The highest BCUT2D eigenvalue weighted by Crippen LogP contribution is 2.38. The second-order valence-corrected chi connectivity index (χ2v) is 10.8. The van der Waals surface area contributed by atoms with E-state index in [1.54, 1.807) is 6.26 Å². The summed E-state index contributed by atoms with van der Waals surface area (Å²) in [4.78, 5) is 40.5. The minimum absolute atomic E-state index is 0.0895. The maximum Gasteiger partial charge on any atom is 0.220 e. The van der Waals surface area contributed by atoms with E-state index in [0.717, 1.165) is 24.5 Å². The quantitative estimate of drug-likeness (QED) is 0.106. The number of benzene rings is 2. The van der Waals surface area contributed by atoms with Crippen molar-refractivity contribution >= 4 is 45.8 Å². The van der Waals surface area contributed by atoms with Crippen LogP contribution in [-0.2, 0) is 10.8 Å². The maximum absolute atomic E-state index is 14.2. The molecular formula is C28H26F4N6O7S2. The van der Waals surface area contributed by atoms with Crippen LogP contribution in [0.25, 0.3) is 0 Å². The molecule has 2 aromatic carbocycles. The summed E-state index contributed by atoms with van der Waals surface area (Å²) in [6.07, 6.45) is 5.22. The molecule has 0 saturated heterocycles. The van der Waals surface area contributed by atoms with Crippen molar-refractivity contribution in [3.8, 4) is 23.0 Å². The number of carbonyl (C=O) groups excluding carboxylic acids is 2. The van der Waals surface area contributed by atoms with Crippen LogP contribution in [-0.4, -0.2) is 76.7 Å². The number of ketones is 2. The number of aromatic nitrogens is 4. The van der Waals surface area contributed by atoms with Crippen LogP contribution in [0.2, 0.25) is 0 Å². The first-order valence-electron chi connectivity index (χ1n) is 12.7. The van der Waals surface area contributed by atoms with Gasteiger partial charge in [-0.1, -0.05) is 11.8 Å². The van der Waals surface area contributed by atoms with Gasteiger partial charge in [-0.3, -0.25) is 13.8 Å². The fraction of sp³-hybridized carbons (Fsp3) is 0.214. The molecule has 1 unspecified atom stereocenters. The van der Waals surface area contributed by atoms with E-state index >= 15 is 0 Å². The Hall–Kier alpha value is -5.04. The molecule has 0 aliphatic heterocycles. The number of methoxy groups -OCH3 is 4. The number of nitrogens with two attached hydrogens (primary N) is 2. The van der Waals surface area contributed by atoms with Crippen LogP contribution >= 0.6 is 11.8 Å². The number of nitrogens with zero attached hydrogens (tertiary/aromatic N) is 4. The number of nitrogen functional groups attached to an aromatic ring is 2. The molecule has 2 aromatic heterocycles. The van der Waals surface area contributed by atoms with Crippen LogP contribution < -0.4 is 30.4 Å². The molecule has 47 heavy (non-hydrogen) atoms. The van der Waals surface area contributed by atoms with E-state index in [2.05, 4.69) is 19.9 Å². The lowest BCUT2D eigenvalue weighted by atomic mass is 10.0. The summed E-state index contributed by atoms with van der Waals surface area (Å²) in [5.74, 6) is -8.46. The van der Waals surface area contributed by atoms with Gasteiger partial charge in [-0.2, -0.15) is 0 Å². The van der Waals surface area contributed by atoms with Crippen molar-refractivity contribution in [2.45, 2.75) is 10.3 Å². The van der Waals surface area contributed by atoms with Crippen molar-refractivity contribution in [3.63, 3.8) is 0 Å². The predicted octanol–water partition coefficient (Wildman–Crippen LogP) is 3.63. The molecule has 0 fully saturated rings. The summed E-state index contributed by atoms with van der Waals surface area (Å²) in [6.45, 7) is 0. The van der Waals surface area contributed by atoms with Crippen LogP contribution in [0.5, 0.6) is 23.0 Å². The van der Waals surface area contributed by atoms with E-state index in [9.17, 15) is 31.4 Å². The third kappa shape index (κ3) is 7.51. The third-order valence-electron chi connectivity index (χ3n) is 6.10. The number of ether oxygens (including phenoxy) is 4. The summed E-state index contributed by atoms with van der Waals surface area (Å²) in [5, 5.41) is 0.261. The first-order valence-corrected chi connectivity index (χ1v) is 15.5. The molecule has 4 N–H and O–H groups in total. The van der Waals surface area contributed by atoms with Gasteiger partial charge in [-0.15, -0.1) is 0 Å². The minimum atomic E-state index is -1.52. The average molecular weight is 699 g/mol. The third-order valence-corrected chi connectivity index (χ3v) is 7.37. The lowest BCUT2D eigenvalue weighted by Gasteiger charge is -2.14. The largest absolute Gasteiger partial charge is 0.493 e. The van der Waals surface area contributed by atoms with Gasteiger partial charge in [0, 0.05) is 30.8 Å². The monoisotopic (exact) mass is 698 g/mol. The number of hydrogen-bond donors (Lipinski definition) is 2. The van der Waals surface area contributed by atoms with Crippen molar-refractivity contribution < 1.29 is 50.3 Å². The maximum atomic E-state index is 14.2. The van der Waals surface area contributed by atoms with Crippen LogP contribution in [0, 0.1) is 23.3 Å². The molecule has 4 rings (SSSR count). The highest BCUT2D eigenvalue weighted by molar-refractivity contribution is 7.98. The SMILES string of the molecule is COc1cc(F)c(F)c(C(=O)c2cnc(S(C)=O)nc2N)c1OC.COc1cc(F)c(F)c(C(=O)c2cnc(SC)nc2N)c1OC. The van der Waals surface area contributed by atoms with Gasteiger partial charge in [0.2, 0.25) is 16.7 Å². The fourth-order valence-electron chi connectivity index (χ4n) is 3.90. The van der Waals surface area contributed by atoms with Crippen LogP contribution in [0.4, 0.5) is 29.2 Å². The molecule has 0 spiro atoms. The number of halogens is 4. The number of carbonyl (C=O) groups is 2. The van der Waals surface area contributed by atoms with Crippen LogP contribution in [0.15, 0.2) is 34.8 Å². The Morgan fingerprint density at radius 2 is 1.17 bits per heavy atom. The van der Waals surface area contributed by atoms with E-state index in [4.69, 9.17) is 30.4 Å². The zero-order valence-electron chi connectivity index (χ0n) is 25.4. The summed E-state index contributed by atoms with van der Waals surface area (Å²) >= 11 is 1.23. The Kier molecular flexibility index (Phi) is 12.0. The molecular weight excluding hydrogens is 672 g/mol. The van der Waals surface area contributed by atoms with Crippen molar-refractivity contribution in [1.82, 2.24) is 19.9 Å². The smallest absolute Gasteiger partial charge is 0.220 e. The summed E-state index contributed by atoms with van der Waals surface area (Å²) < 4.78 is 86.9. The predicted molar refractivity (Wildman–Crippen MR) is 163 cm³/mol. The highest BCUT2D eigenvalue weighted by atomic mass is 32.2.